The van der Waals surface area contributed by atoms with E-state index in [0.717, 1.165) is 9.81 Å². The Morgan fingerprint density at radius 3 is 2.37 bits per heavy atom. The normalized spacial score (nSPS) is 16.4. The van der Waals surface area contributed by atoms with Gasteiger partial charge >= 0.3 is 11.9 Å². The van der Waals surface area contributed by atoms with Crippen molar-refractivity contribution in [1.82, 2.24) is 0 Å². The number of hydrogen-bond acceptors (Lipinski definition) is 8. The van der Waals surface area contributed by atoms with E-state index in [1.807, 2.05) is 13.8 Å². The van der Waals surface area contributed by atoms with Crippen molar-refractivity contribution < 1.29 is 19.1 Å². The molecular formula is C11H10N2O4S2. The average molecular weight is 298 g/mol. The van der Waals surface area contributed by atoms with Gasteiger partial charge in [-0.2, -0.15) is 10.5 Å². The second-order valence-electron chi connectivity index (χ2n) is 3.41. The van der Waals surface area contributed by atoms with Crippen molar-refractivity contribution in [3.8, 4) is 12.1 Å². The number of hydrogen-bond donors (Lipinski definition) is 0. The van der Waals surface area contributed by atoms with Crippen molar-refractivity contribution in [3.05, 3.63) is 9.81 Å². The van der Waals surface area contributed by atoms with Crippen molar-refractivity contribution in [2.45, 2.75) is 31.1 Å². The summed E-state index contributed by atoms with van der Waals surface area (Å²) in [5, 5.41) is 17.0. The molecule has 19 heavy (non-hydrogen) atoms. The lowest BCUT2D eigenvalue weighted by atomic mass is 10.4. The predicted octanol–water partition coefficient (Wildman–Crippen LogP) is 1.89. The van der Waals surface area contributed by atoms with Gasteiger partial charge in [-0.1, -0.05) is 23.5 Å². The average Bonchev–Trinajstić information content (AvgIpc) is 2.65. The fourth-order valence-electron chi connectivity index (χ4n) is 1.05. The third-order valence-corrected chi connectivity index (χ3v) is 4.66. The monoisotopic (exact) mass is 298 g/mol. The Bertz CT molecular complexity index is 490. The van der Waals surface area contributed by atoms with E-state index in [1.165, 1.54) is 29.6 Å². The molecule has 1 heterocycles. The Morgan fingerprint density at radius 1 is 1.32 bits per heavy atom. The van der Waals surface area contributed by atoms with E-state index in [4.69, 9.17) is 15.3 Å². The summed E-state index contributed by atoms with van der Waals surface area (Å²) in [6.45, 7) is 3.80. The Labute approximate surface area is 118 Å². The van der Waals surface area contributed by atoms with Crippen LogP contribution in [0.25, 0.3) is 0 Å². The highest BCUT2D eigenvalue weighted by molar-refractivity contribution is 8.23. The van der Waals surface area contributed by atoms with E-state index in [-0.39, 0.29) is 0 Å². The fourth-order valence-corrected chi connectivity index (χ4v) is 3.59. The summed E-state index contributed by atoms with van der Waals surface area (Å²) < 4.78 is 9.11. The second kappa shape index (κ2) is 7.07. The van der Waals surface area contributed by atoms with Gasteiger partial charge in [-0.3, -0.25) is 4.79 Å². The molecule has 0 saturated carbocycles. The van der Waals surface area contributed by atoms with Gasteiger partial charge in [0.15, 0.2) is 0 Å². The second-order valence-corrected chi connectivity index (χ2v) is 6.26. The van der Waals surface area contributed by atoms with Crippen LogP contribution in [0.2, 0.25) is 0 Å². The highest BCUT2D eigenvalue weighted by atomic mass is 32.2. The molecule has 0 aliphatic carbocycles. The lowest BCUT2D eigenvalue weighted by Gasteiger charge is -2.13. The van der Waals surface area contributed by atoms with Crippen molar-refractivity contribution in [2.24, 2.45) is 0 Å². The molecule has 0 amide bonds. The zero-order valence-electron chi connectivity index (χ0n) is 10.2. The molecule has 0 bridgehead atoms. The largest absolute Gasteiger partial charge is 0.437 e. The summed E-state index contributed by atoms with van der Waals surface area (Å²) in [6.07, 6.45) is -2.15. The summed E-state index contributed by atoms with van der Waals surface area (Å²) >= 11 is 2.71. The zero-order chi connectivity index (χ0) is 14.4. The molecule has 0 aromatic carbocycles. The summed E-state index contributed by atoms with van der Waals surface area (Å²) in [5.41, 5.74) is 0. The van der Waals surface area contributed by atoms with Crippen LogP contribution in [0.4, 0.5) is 0 Å². The third-order valence-electron chi connectivity index (χ3n) is 2.06. The quantitative estimate of drug-likeness (QED) is 0.725. The molecule has 1 rings (SSSR count). The lowest BCUT2D eigenvalue weighted by molar-refractivity contribution is -0.162. The van der Waals surface area contributed by atoms with Crippen LogP contribution < -0.4 is 0 Å². The number of nitrogens with zero attached hydrogens (tertiary/aromatic N) is 2. The maximum Gasteiger partial charge on any atom is 0.364 e. The Hall–Kier alpha value is -1.64. The smallest absolute Gasteiger partial charge is 0.364 e. The van der Waals surface area contributed by atoms with Gasteiger partial charge in [-0.15, -0.1) is 0 Å². The molecule has 1 atom stereocenters. The van der Waals surface area contributed by atoms with Crippen LogP contribution in [0.1, 0.15) is 20.3 Å². The Morgan fingerprint density at radius 2 is 1.89 bits per heavy atom. The maximum atomic E-state index is 11.6. The molecule has 0 spiro atoms. The minimum atomic E-state index is -1.64. The van der Waals surface area contributed by atoms with Gasteiger partial charge in [0.05, 0.1) is 6.07 Å². The molecule has 1 unspecified atom stereocenters. The SMILES string of the molecule is CC1=C(C)SC(OC(=O)C(C#N)OC(=O)CC#N)S1. The Balaban J connectivity index is 2.51. The molecular weight excluding hydrogens is 288 g/mol. The summed E-state index contributed by atoms with van der Waals surface area (Å²) in [5.74, 6) is -1.86. The van der Waals surface area contributed by atoms with Gasteiger partial charge in [0.2, 0.25) is 4.77 Å². The number of allylic oxidation sites excluding steroid dienone is 2. The molecule has 8 heteroatoms. The minimum absolute atomic E-state index is 0.474. The number of rotatable bonds is 4. The summed E-state index contributed by atoms with van der Waals surface area (Å²) in [6, 6.07) is 3.10. The number of carbonyl (C=O) groups is 2. The van der Waals surface area contributed by atoms with Gasteiger partial charge in [0.25, 0.3) is 6.10 Å². The number of ether oxygens (including phenoxy) is 2. The maximum absolute atomic E-state index is 11.6. The molecule has 1 aliphatic heterocycles. The van der Waals surface area contributed by atoms with Crippen LogP contribution in [-0.2, 0) is 19.1 Å². The van der Waals surface area contributed by atoms with Gasteiger partial charge in [0.1, 0.15) is 12.5 Å². The van der Waals surface area contributed by atoms with E-state index in [0.29, 0.717) is 0 Å². The number of thioether (sulfide) groups is 2. The topological polar surface area (TPSA) is 100 Å². The van der Waals surface area contributed by atoms with E-state index >= 15 is 0 Å². The molecule has 0 radical (unpaired) electrons. The van der Waals surface area contributed by atoms with Crippen molar-refractivity contribution >= 4 is 35.5 Å². The molecule has 6 nitrogen and oxygen atoms in total. The molecule has 1 aliphatic rings. The first-order chi connectivity index (χ1) is 8.97. The van der Waals surface area contributed by atoms with Gasteiger partial charge in [-0.25, -0.2) is 4.79 Å². The van der Waals surface area contributed by atoms with E-state index < -0.39 is 29.2 Å². The van der Waals surface area contributed by atoms with Gasteiger partial charge in [0, 0.05) is 0 Å². The minimum Gasteiger partial charge on any atom is -0.437 e. The van der Waals surface area contributed by atoms with E-state index in [2.05, 4.69) is 4.74 Å². The van der Waals surface area contributed by atoms with Crippen LogP contribution in [0.15, 0.2) is 9.81 Å². The summed E-state index contributed by atoms with van der Waals surface area (Å²) in [7, 11) is 0. The molecule has 0 N–H and O–H groups in total. The zero-order valence-corrected chi connectivity index (χ0v) is 11.8. The van der Waals surface area contributed by atoms with Gasteiger partial charge < -0.3 is 9.47 Å². The number of nitriles is 2. The molecule has 0 aromatic rings. The first kappa shape index (κ1) is 15.4. The van der Waals surface area contributed by atoms with Crippen molar-refractivity contribution in [3.63, 3.8) is 0 Å². The van der Waals surface area contributed by atoms with Gasteiger partial charge in [-0.05, 0) is 23.7 Å². The van der Waals surface area contributed by atoms with E-state index in [1.54, 1.807) is 6.07 Å². The molecule has 0 aromatic heterocycles. The van der Waals surface area contributed by atoms with Crippen LogP contribution in [0, 0.1) is 22.7 Å². The van der Waals surface area contributed by atoms with Crippen LogP contribution in [0.3, 0.4) is 0 Å². The first-order valence-corrected chi connectivity index (χ1v) is 6.91. The number of esters is 2. The number of carbonyl (C=O) groups excluding carboxylic acids is 2. The van der Waals surface area contributed by atoms with Crippen molar-refractivity contribution in [1.29, 1.82) is 10.5 Å². The molecule has 0 fully saturated rings. The fraction of sp³-hybridized carbons (Fsp3) is 0.455. The van der Waals surface area contributed by atoms with E-state index in [9.17, 15) is 9.59 Å². The predicted molar refractivity (Wildman–Crippen MR) is 69.2 cm³/mol. The van der Waals surface area contributed by atoms with Crippen LogP contribution in [-0.4, -0.2) is 22.8 Å². The lowest BCUT2D eigenvalue weighted by Crippen LogP contribution is -2.29. The Kier molecular flexibility index (Phi) is 5.74. The molecule has 100 valence electrons. The van der Waals surface area contributed by atoms with Crippen LogP contribution >= 0.6 is 23.5 Å². The van der Waals surface area contributed by atoms with Crippen molar-refractivity contribution in [2.75, 3.05) is 0 Å². The highest BCUT2D eigenvalue weighted by Gasteiger charge is 2.30. The standard InChI is InChI=1S/C11H10N2O4S2/c1-6-7(2)19-11(18-6)17-10(15)8(5-13)16-9(14)3-4-12/h8,11H,3H2,1-2H3. The molecule has 0 saturated heterocycles. The first-order valence-electron chi connectivity index (χ1n) is 5.15. The third kappa shape index (κ3) is 4.51. The van der Waals surface area contributed by atoms with Crippen LogP contribution in [0.5, 0.6) is 0 Å². The summed E-state index contributed by atoms with van der Waals surface area (Å²) in [4.78, 5) is 24.7. The highest BCUT2D eigenvalue weighted by Crippen LogP contribution is 2.45.